The lowest BCUT2D eigenvalue weighted by Crippen LogP contribution is -2.12. The Morgan fingerprint density at radius 1 is 1.50 bits per heavy atom. The van der Waals surface area contributed by atoms with Crippen LogP contribution in [-0.2, 0) is 4.74 Å². The van der Waals surface area contributed by atoms with Crippen LogP contribution in [-0.4, -0.2) is 12.0 Å². The van der Waals surface area contributed by atoms with Gasteiger partial charge in [0.2, 0.25) is 0 Å². The average Bonchev–Trinajstić information content (AvgIpc) is 1.82. The van der Waals surface area contributed by atoms with Crippen molar-refractivity contribution in [2.45, 2.75) is 20.8 Å². The van der Waals surface area contributed by atoms with Gasteiger partial charge in [0, 0.05) is 11.6 Å². The third-order valence-electron chi connectivity index (χ3n) is 1.60. The monoisotopic (exact) mass is 164 g/mol. The molecule has 0 saturated carbocycles. The van der Waals surface area contributed by atoms with E-state index >= 15 is 0 Å². The molecule has 0 radical (unpaired) electrons. The minimum absolute atomic E-state index is 0.377. The molecule has 0 N–H and O–H groups in total. The molecule has 0 fully saturated rings. The summed E-state index contributed by atoms with van der Waals surface area (Å²) in [5.41, 5.74) is -0.715. The molecule has 0 spiro atoms. The van der Waals surface area contributed by atoms with Crippen LogP contribution in [0.2, 0.25) is 0 Å². The average molecular weight is 165 g/mol. The summed E-state index contributed by atoms with van der Waals surface area (Å²) in [6, 6.07) is 0. The van der Waals surface area contributed by atoms with Gasteiger partial charge in [0.1, 0.15) is 0 Å². The molecule has 0 aliphatic rings. The number of halogens is 1. The molecule has 0 aromatic heterocycles. The second-order valence-electron chi connectivity index (χ2n) is 2.77. The number of carbonyl (C=O) groups is 1. The molecular weight excluding hydrogens is 152 g/mol. The van der Waals surface area contributed by atoms with E-state index < -0.39 is 5.43 Å². The van der Waals surface area contributed by atoms with E-state index in [2.05, 4.69) is 18.6 Å². The molecule has 3 heteroatoms. The Morgan fingerprint density at radius 3 is 2.30 bits per heavy atom. The molecule has 0 saturated heterocycles. The fraction of sp³-hybridized carbons (Fsp3) is 0.857. The molecule has 2 nitrogen and oxygen atoms in total. The minimum Gasteiger partial charge on any atom is -0.453 e. The largest absolute Gasteiger partial charge is 0.453 e. The quantitative estimate of drug-likeness (QED) is 0.600. The van der Waals surface area contributed by atoms with Gasteiger partial charge in [-0.2, -0.15) is 0 Å². The molecule has 0 amide bonds. The number of carbonyl (C=O) groups excluding carboxylic acids is 1. The van der Waals surface area contributed by atoms with Crippen LogP contribution >= 0.6 is 11.6 Å². The first-order valence-electron chi connectivity index (χ1n) is 3.36. The first kappa shape index (κ1) is 9.76. The minimum atomic E-state index is -0.715. The van der Waals surface area contributed by atoms with Gasteiger partial charge >= 0.3 is 5.43 Å². The van der Waals surface area contributed by atoms with Crippen LogP contribution in [0.1, 0.15) is 20.8 Å². The Kier molecular flexibility index (Phi) is 4.45. The van der Waals surface area contributed by atoms with Crippen molar-refractivity contribution in [1.29, 1.82) is 0 Å². The highest BCUT2D eigenvalue weighted by Crippen LogP contribution is 2.09. The van der Waals surface area contributed by atoms with E-state index in [1.54, 1.807) is 0 Å². The van der Waals surface area contributed by atoms with E-state index in [1.165, 1.54) is 0 Å². The van der Waals surface area contributed by atoms with Gasteiger partial charge in [0.05, 0.1) is 6.61 Å². The van der Waals surface area contributed by atoms with Crippen molar-refractivity contribution in [2.24, 2.45) is 11.8 Å². The van der Waals surface area contributed by atoms with Gasteiger partial charge in [0.15, 0.2) is 0 Å². The van der Waals surface area contributed by atoms with Crippen molar-refractivity contribution in [3.63, 3.8) is 0 Å². The standard InChI is InChI=1S/C7H13ClO2/c1-5(2)6(3)4-10-7(8)9/h5-6H,4H2,1-3H3. The number of ether oxygens (including phenoxy) is 1. The lowest BCUT2D eigenvalue weighted by atomic mass is 10.00. The highest BCUT2D eigenvalue weighted by molar-refractivity contribution is 6.61. The van der Waals surface area contributed by atoms with Crippen LogP contribution in [0.3, 0.4) is 0 Å². The maximum Gasteiger partial charge on any atom is 0.403 e. The fourth-order valence-corrected chi connectivity index (χ4v) is 0.452. The molecule has 0 aromatic carbocycles. The van der Waals surface area contributed by atoms with E-state index in [9.17, 15) is 4.79 Å². The normalized spacial score (nSPS) is 13.3. The summed E-state index contributed by atoms with van der Waals surface area (Å²) in [6.07, 6.45) is 0. The Bertz CT molecular complexity index is 112. The van der Waals surface area contributed by atoms with Crippen LogP contribution in [0.15, 0.2) is 0 Å². The first-order chi connectivity index (χ1) is 4.54. The van der Waals surface area contributed by atoms with Crippen molar-refractivity contribution in [3.05, 3.63) is 0 Å². The molecule has 1 unspecified atom stereocenters. The second kappa shape index (κ2) is 4.56. The van der Waals surface area contributed by atoms with Gasteiger partial charge in [-0.15, -0.1) is 0 Å². The van der Waals surface area contributed by atoms with Gasteiger partial charge in [0.25, 0.3) is 0 Å². The summed E-state index contributed by atoms with van der Waals surface area (Å²) in [4.78, 5) is 10.1. The number of hydrogen-bond donors (Lipinski definition) is 0. The predicted molar refractivity (Wildman–Crippen MR) is 41.2 cm³/mol. The lowest BCUT2D eigenvalue weighted by molar-refractivity contribution is 0.143. The molecule has 0 heterocycles. The van der Waals surface area contributed by atoms with Gasteiger partial charge in [-0.05, 0) is 11.8 Å². The van der Waals surface area contributed by atoms with Crippen molar-refractivity contribution < 1.29 is 9.53 Å². The van der Waals surface area contributed by atoms with Gasteiger partial charge in [-0.3, -0.25) is 0 Å². The highest BCUT2D eigenvalue weighted by atomic mass is 35.5. The summed E-state index contributed by atoms with van der Waals surface area (Å²) in [6.45, 7) is 6.59. The highest BCUT2D eigenvalue weighted by Gasteiger charge is 2.08. The number of hydrogen-bond acceptors (Lipinski definition) is 2. The second-order valence-corrected chi connectivity index (χ2v) is 3.08. The molecule has 10 heavy (non-hydrogen) atoms. The van der Waals surface area contributed by atoms with Gasteiger partial charge in [-0.25, -0.2) is 4.79 Å². The SMILES string of the molecule is CC(C)C(C)COC(=O)Cl. The van der Waals surface area contributed by atoms with Crippen LogP contribution in [0.25, 0.3) is 0 Å². The number of rotatable bonds is 3. The van der Waals surface area contributed by atoms with Gasteiger partial charge < -0.3 is 4.74 Å². The molecule has 0 rings (SSSR count). The topological polar surface area (TPSA) is 26.3 Å². The first-order valence-corrected chi connectivity index (χ1v) is 3.74. The lowest BCUT2D eigenvalue weighted by Gasteiger charge is -2.13. The molecule has 0 bridgehead atoms. The van der Waals surface area contributed by atoms with Crippen LogP contribution in [0.4, 0.5) is 4.79 Å². The van der Waals surface area contributed by atoms with Crippen LogP contribution in [0.5, 0.6) is 0 Å². The predicted octanol–water partition coefficient (Wildman–Crippen LogP) is 2.65. The molecule has 60 valence electrons. The van der Waals surface area contributed by atoms with Crippen LogP contribution < -0.4 is 0 Å². The van der Waals surface area contributed by atoms with Crippen molar-refractivity contribution in [3.8, 4) is 0 Å². The van der Waals surface area contributed by atoms with E-state index in [0.717, 1.165) is 0 Å². The third-order valence-corrected chi connectivity index (χ3v) is 1.71. The zero-order valence-corrected chi connectivity index (χ0v) is 7.31. The summed E-state index contributed by atoms with van der Waals surface area (Å²) < 4.78 is 4.59. The zero-order chi connectivity index (χ0) is 8.15. The Balaban J connectivity index is 3.39. The van der Waals surface area contributed by atoms with E-state index in [4.69, 9.17) is 11.6 Å². The molecule has 1 atom stereocenters. The van der Waals surface area contributed by atoms with E-state index in [1.807, 2.05) is 6.92 Å². The Morgan fingerprint density at radius 2 is 2.00 bits per heavy atom. The molecular formula is C7H13ClO2. The Hall–Kier alpha value is -0.240. The molecule has 0 aromatic rings. The fourth-order valence-electron chi connectivity index (χ4n) is 0.389. The van der Waals surface area contributed by atoms with Crippen molar-refractivity contribution in [2.75, 3.05) is 6.61 Å². The Labute approximate surface area is 66.5 Å². The summed E-state index contributed by atoms with van der Waals surface area (Å²) >= 11 is 4.97. The maximum atomic E-state index is 10.1. The molecule has 0 aliphatic carbocycles. The third kappa shape index (κ3) is 4.62. The van der Waals surface area contributed by atoms with Crippen molar-refractivity contribution >= 4 is 17.0 Å². The summed E-state index contributed by atoms with van der Waals surface area (Å²) in [5.74, 6) is 0.902. The summed E-state index contributed by atoms with van der Waals surface area (Å²) in [5, 5.41) is 0. The molecule has 0 aliphatic heterocycles. The maximum absolute atomic E-state index is 10.1. The smallest absolute Gasteiger partial charge is 0.403 e. The van der Waals surface area contributed by atoms with Crippen molar-refractivity contribution in [1.82, 2.24) is 0 Å². The zero-order valence-electron chi connectivity index (χ0n) is 6.56. The summed E-state index contributed by atoms with van der Waals surface area (Å²) in [7, 11) is 0. The van der Waals surface area contributed by atoms with E-state index in [-0.39, 0.29) is 0 Å². The van der Waals surface area contributed by atoms with Crippen LogP contribution in [0, 0.1) is 11.8 Å². The van der Waals surface area contributed by atoms with E-state index in [0.29, 0.717) is 18.4 Å². The van der Waals surface area contributed by atoms with Gasteiger partial charge in [-0.1, -0.05) is 20.8 Å².